The number of amides is 2. The van der Waals surface area contributed by atoms with Crippen molar-refractivity contribution in [2.24, 2.45) is 0 Å². The molecule has 0 radical (unpaired) electrons. The number of halogens is 1. The fraction of sp³-hybridized carbons (Fsp3) is 0.348. The van der Waals surface area contributed by atoms with Gasteiger partial charge in [-0.1, -0.05) is 11.6 Å². The van der Waals surface area contributed by atoms with E-state index in [4.69, 9.17) is 11.6 Å². The van der Waals surface area contributed by atoms with Gasteiger partial charge in [0, 0.05) is 49.1 Å². The highest BCUT2D eigenvalue weighted by atomic mass is 35.5. The normalized spacial score (nSPS) is 14.0. The van der Waals surface area contributed by atoms with Gasteiger partial charge in [-0.25, -0.2) is 4.79 Å². The van der Waals surface area contributed by atoms with E-state index in [1.807, 2.05) is 24.3 Å². The highest BCUT2D eigenvalue weighted by Crippen LogP contribution is 2.19. The molecular formula is C23H27ClN4O4. The second-order valence-corrected chi connectivity index (χ2v) is 7.87. The summed E-state index contributed by atoms with van der Waals surface area (Å²) in [5.41, 5.74) is 1.97. The first-order valence-corrected chi connectivity index (χ1v) is 10.8. The maximum Gasteiger partial charge on any atom is 0.337 e. The number of nitrogens with zero attached hydrogens (tertiary/aromatic N) is 2. The van der Waals surface area contributed by atoms with E-state index in [1.165, 1.54) is 24.9 Å². The monoisotopic (exact) mass is 458 g/mol. The minimum atomic E-state index is -0.743. The van der Waals surface area contributed by atoms with E-state index in [-0.39, 0.29) is 0 Å². The van der Waals surface area contributed by atoms with Crippen LogP contribution in [-0.4, -0.2) is 69.1 Å². The second-order valence-electron chi connectivity index (χ2n) is 7.44. The third-order valence-corrected chi connectivity index (χ3v) is 5.52. The van der Waals surface area contributed by atoms with Crippen molar-refractivity contribution in [3.63, 3.8) is 0 Å². The van der Waals surface area contributed by atoms with Crippen LogP contribution in [-0.2, 0) is 14.3 Å². The zero-order valence-electron chi connectivity index (χ0n) is 18.0. The van der Waals surface area contributed by atoms with Crippen LogP contribution in [0.15, 0.2) is 48.5 Å². The van der Waals surface area contributed by atoms with Crippen LogP contribution >= 0.6 is 11.6 Å². The van der Waals surface area contributed by atoms with E-state index in [2.05, 4.69) is 25.2 Å². The number of nitrogens with one attached hydrogen (secondary N) is 2. The van der Waals surface area contributed by atoms with Crippen LogP contribution in [0.4, 0.5) is 11.4 Å². The van der Waals surface area contributed by atoms with E-state index < -0.39 is 17.8 Å². The van der Waals surface area contributed by atoms with Gasteiger partial charge in [-0.2, -0.15) is 0 Å². The van der Waals surface area contributed by atoms with Crippen molar-refractivity contribution in [1.82, 2.24) is 10.2 Å². The summed E-state index contributed by atoms with van der Waals surface area (Å²) >= 11 is 5.95. The number of anilines is 2. The smallest absolute Gasteiger partial charge is 0.337 e. The van der Waals surface area contributed by atoms with Gasteiger partial charge in [-0.3, -0.25) is 14.5 Å². The number of hydrogen-bond donors (Lipinski definition) is 2. The number of benzene rings is 2. The number of ether oxygens (including phenoxy) is 1. The summed E-state index contributed by atoms with van der Waals surface area (Å²) < 4.78 is 4.62. The van der Waals surface area contributed by atoms with Crippen molar-refractivity contribution in [3.05, 3.63) is 59.1 Å². The van der Waals surface area contributed by atoms with Crippen LogP contribution in [0, 0.1) is 0 Å². The maximum absolute atomic E-state index is 12.0. The molecule has 0 aliphatic carbocycles. The highest BCUT2D eigenvalue weighted by Gasteiger charge is 2.18. The summed E-state index contributed by atoms with van der Waals surface area (Å²) in [4.78, 5) is 40.2. The van der Waals surface area contributed by atoms with Crippen molar-refractivity contribution in [2.75, 3.05) is 56.6 Å². The first kappa shape index (κ1) is 23.6. The topological polar surface area (TPSA) is 91.0 Å². The van der Waals surface area contributed by atoms with Crippen LogP contribution in [0.3, 0.4) is 0 Å². The number of hydrogen-bond acceptors (Lipinski definition) is 6. The molecule has 0 bridgehead atoms. The Balaban J connectivity index is 1.32. The summed E-state index contributed by atoms with van der Waals surface area (Å²) in [7, 11) is 1.30. The summed E-state index contributed by atoms with van der Waals surface area (Å²) in [5, 5.41) is 5.89. The van der Waals surface area contributed by atoms with E-state index >= 15 is 0 Å². The van der Waals surface area contributed by atoms with Gasteiger partial charge in [0.15, 0.2) is 0 Å². The van der Waals surface area contributed by atoms with Gasteiger partial charge >= 0.3 is 17.8 Å². The number of carbonyl (C=O) groups is 3. The molecule has 2 amide bonds. The van der Waals surface area contributed by atoms with E-state index in [1.54, 1.807) is 12.1 Å². The quantitative estimate of drug-likeness (QED) is 0.376. The summed E-state index contributed by atoms with van der Waals surface area (Å²) in [6, 6.07) is 14.0. The van der Waals surface area contributed by atoms with Crippen LogP contribution < -0.4 is 15.5 Å². The van der Waals surface area contributed by atoms with E-state index in [0.717, 1.165) is 44.2 Å². The van der Waals surface area contributed by atoms with Gasteiger partial charge in [0.2, 0.25) is 0 Å². The molecule has 1 aliphatic rings. The lowest BCUT2D eigenvalue weighted by atomic mass is 10.2. The number of esters is 1. The van der Waals surface area contributed by atoms with Crippen molar-refractivity contribution in [3.8, 4) is 0 Å². The Morgan fingerprint density at radius 1 is 0.938 bits per heavy atom. The lowest BCUT2D eigenvalue weighted by molar-refractivity contribution is -0.136. The van der Waals surface area contributed by atoms with Crippen LogP contribution in [0.5, 0.6) is 0 Å². The molecule has 1 aliphatic heterocycles. The standard InChI is InChI=1S/C23H27ClN4O4/c1-32-23(31)17-3-7-19(8-4-17)26-22(30)21(29)25-11-2-12-27-13-15-28(16-14-27)20-9-5-18(24)6-10-20/h3-10H,2,11-16H2,1H3,(H,25,29)(H,26,30). The molecule has 0 atom stereocenters. The Morgan fingerprint density at radius 3 is 2.22 bits per heavy atom. The summed E-state index contributed by atoms with van der Waals surface area (Å²) in [6.45, 7) is 5.03. The average Bonchev–Trinajstić information content (AvgIpc) is 2.82. The molecule has 3 rings (SSSR count). The third-order valence-electron chi connectivity index (χ3n) is 5.27. The Bertz CT molecular complexity index is 926. The molecule has 1 heterocycles. The van der Waals surface area contributed by atoms with Crippen LogP contribution in [0.25, 0.3) is 0 Å². The van der Waals surface area contributed by atoms with Gasteiger partial charge in [0.25, 0.3) is 0 Å². The minimum absolute atomic E-state index is 0.365. The molecule has 32 heavy (non-hydrogen) atoms. The predicted octanol–water partition coefficient (Wildman–Crippen LogP) is 2.39. The third kappa shape index (κ3) is 6.70. The molecule has 0 unspecified atom stereocenters. The SMILES string of the molecule is COC(=O)c1ccc(NC(=O)C(=O)NCCCN2CCN(c3ccc(Cl)cc3)CC2)cc1. The molecule has 170 valence electrons. The molecule has 2 aromatic rings. The Morgan fingerprint density at radius 2 is 1.59 bits per heavy atom. The largest absolute Gasteiger partial charge is 0.465 e. The molecule has 0 aromatic heterocycles. The Labute approximate surface area is 192 Å². The maximum atomic E-state index is 12.0. The molecule has 2 N–H and O–H groups in total. The van der Waals surface area contributed by atoms with Crippen molar-refractivity contribution < 1.29 is 19.1 Å². The molecule has 9 heteroatoms. The lowest BCUT2D eigenvalue weighted by Gasteiger charge is -2.36. The molecule has 1 fully saturated rings. The van der Waals surface area contributed by atoms with Crippen molar-refractivity contribution in [1.29, 1.82) is 0 Å². The molecule has 8 nitrogen and oxygen atoms in total. The van der Waals surface area contributed by atoms with Gasteiger partial charge in [-0.15, -0.1) is 0 Å². The van der Waals surface area contributed by atoms with Crippen LogP contribution in [0.2, 0.25) is 5.02 Å². The number of methoxy groups -OCH3 is 1. The average molecular weight is 459 g/mol. The molecule has 0 saturated carbocycles. The Hall–Kier alpha value is -3.10. The summed E-state index contributed by atoms with van der Waals surface area (Å²) in [6.07, 6.45) is 0.758. The zero-order chi connectivity index (χ0) is 22.9. The molecule has 0 spiro atoms. The molecule has 1 saturated heterocycles. The Kier molecular flexibility index (Phi) is 8.47. The van der Waals surface area contributed by atoms with Crippen molar-refractivity contribution >= 4 is 40.8 Å². The number of rotatable bonds is 7. The first-order valence-electron chi connectivity index (χ1n) is 10.5. The lowest BCUT2D eigenvalue weighted by Crippen LogP contribution is -2.47. The second kappa shape index (κ2) is 11.5. The van der Waals surface area contributed by atoms with Gasteiger partial charge in [0.05, 0.1) is 12.7 Å². The van der Waals surface area contributed by atoms with Gasteiger partial charge in [0.1, 0.15) is 0 Å². The zero-order valence-corrected chi connectivity index (χ0v) is 18.7. The highest BCUT2D eigenvalue weighted by molar-refractivity contribution is 6.39. The molecular weight excluding hydrogens is 432 g/mol. The van der Waals surface area contributed by atoms with Gasteiger partial charge in [-0.05, 0) is 61.5 Å². The van der Waals surface area contributed by atoms with E-state index in [0.29, 0.717) is 17.8 Å². The van der Waals surface area contributed by atoms with Crippen molar-refractivity contribution in [2.45, 2.75) is 6.42 Å². The first-order chi connectivity index (χ1) is 15.5. The fourth-order valence-electron chi connectivity index (χ4n) is 3.46. The minimum Gasteiger partial charge on any atom is -0.465 e. The molecule has 2 aromatic carbocycles. The predicted molar refractivity (Wildman–Crippen MR) is 124 cm³/mol. The van der Waals surface area contributed by atoms with Gasteiger partial charge < -0.3 is 20.3 Å². The van der Waals surface area contributed by atoms with E-state index in [9.17, 15) is 14.4 Å². The fourth-order valence-corrected chi connectivity index (χ4v) is 3.59. The van der Waals surface area contributed by atoms with Crippen LogP contribution in [0.1, 0.15) is 16.8 Å². The number of carbonyl (C=O) groups excluding carboxylic acids is 3. The number of piperazine rings is 1. The summed E-state index contributed by atoms with van der Waals surface area (Å²) in [5.74, 6) is -1.89.